The topological polar surface area (TPSA) is 85.8 Å². The van der Waals surface area contributed by atoms with Gasteiger partial charge in [-0.2, -0.15) is 0 Å². The third-order valence-electron chi connectivity index (χ3n) is 6.53. The molecule has 1 amide bonds. The third kappa shape index (κ3) is 5.82. The number of ether oxygens (including phenoxy) is 3. The molecule has 8 heteroatoms. The van der Waals surface area contributed by atoms with Crippen LogP contribution in [0.25, 0.3) is 0 Å². The molecule has 2 aromatic carbocycles. The fraction of sp³-hybridized carbons (Fsp3) is 0.370. The summed E-state index contributed by atoms with van der Waals surface area (Å²) in [5, 5.41) is 3.06. The molecule has 0 saturated carbocycles. The zero-order valence-electron chi connectivity index (χ0n) is 20.7. The van der Waals surface area contributed by atoms with Crippen molar-refractivity contribution in [1.29, 1.82) is 0 Å². The lowest BCUT2D eigenvalue weighted by molar-refractivity contribution is -0.125. The van der Waals surface area contributed by atoms with Gasteiger partial charge in [-0.25, -0.2) is 9.97 Å². The van der Waals surface area contributed by atoms with Gasteiger partial charge in [-0.15, -0.1) is 0 Å². The normalized spacial score (nSPS) is 13.9. The fourth-order valence-electron chi connectivity index (χ4n) is 4.20. The van der Waals surface area contributed by atoms with E-state index in [4.69, 9.17) is 14.2 Å². The van der Waals surface area contributed by atoms with Crippen LogP contribution in [0.1, 0.15) is 29.5 Å². The molecule has 1 N–H and O–H groups in total. The monoisotopic (exact) mass is 476 g/mol. The molecule has 8 nitrogen and oxygen atoms in total. The molecule has 0 radical (unpaired) electrons. The summed E-state index contributed by atoms with van der Waals surface area (Å²) in [6, 6.07) is 13.4. The number of carbonyl (C=O) groups excluding carboxylic acids is 1. The van der Waals surface area contributed by atoms with Crippen LogP contribution in [-0.4, -0.2) is 43.2 Å². The smallest absolute Gasteiger partial charge is 0.224 e. The number of nitrogens with zero attached hydrogens (tertiary/aromatic N) is 3. The van der Waals surface area contributed by atoms with Gasteiger partial charge >= 0.3 is 0 Å². The molecule has 0 spiro atoms. The first-order valence-corrected chi connectivity index (χ1v) is 11.8. The number of aryl methyl sites for hydroxylation is 1. The Morgan fingerprint density at radius 1 is 1.03 bits per heavy atom. The van der Waals surface area contributed by atoms with E-state index < -0.39 is 0 Å². The Kier molecular flexibility index (Phi) is 7.70. The molecule has 1 aromatic heterocycles. The second kappa shape index (κ2) is 11.1. The van der Waals surface area contributed by atoms with Gasteiger partial charge in [0.1, 0.15) is 29.4 Å². The van der Waals surface area contributed by atoms with Gasteiger partial charge in [0, 0.05) is 43.2 Å². The van der Waals surface area contributed by atoms with E-state index in [-0.39, 0.29) is 11.8 Å². The van der Waals surface area contributed by atoms with E-state index in [1.807, 2.05) is 43.3 Å². The number of carbonyl (C=O) groups is 1. The number of hydrogen-bond acceptors (Lipinski definition) is 7. The Hall–Kier alpha value is -3.81. The molecule has 35 heavy (non-hydrogen) atoms. The molecule has 0 aliphatic carbocycles. The van der Waals surface area contributed by atoms with Crippen molar-refractivity contribution in [1.82, 2.24) is 15.3 Å². The number of aromatic nitrogens is 2. The first-order valence-electron chi connectivity index (χ1n) is 11.8. The lowest BCUT2D eigenvalue weighted by Gasteiger charge is -2.32. The van der Waals surface area contributed by atoms with Gasteiger partial charge in [0.25, 0.3) is 0 Å². The number of piperidine rings is 1. The van der Waals surface area contributed by atoms with Crippen LogP contribution in [0, 0.1) is 19.8 Å². The van der Waals surface area contributed by atoms with Crippen molar-refractivity contribution in [3.8, 4) is 23.1 Å². The van der Waals surface area contributed by atoms with Crippen molar-refractivity contribution in [2.75, 3.05) is 32.2 Å². The Balaban J connectivity index is 1.32. The molecular formula is C27H32N4O4. The number of amides is 1. The highest BCUT2D eigenvalue weighted by Gasteiger charge is 2.26. The van der Waals surface area contributed by atoms with Crippen molar-refractivity contribution in [3.05, 3.63) is 65.5 Å². The number of benzene rings is 2. The second-order valence-corrected chi connectivity index (χ2v) is 8.67. The van der Waals surface area contributed by atoms with E-state index in [1.165, 1.54) is 11.9 Å². The van der Waals surface area contributed by atoms with Crippen LogP contribution in [0.15, 0.2) is 48.8 Å². The number of anilines is 1. The fourth-order valence-corrected chi connectivity index (χ4v) is 4.20. The van der Waals surface area contributed by atoms with E-state index in [2.05, 4.69) is 33.2 Å². The lowest BCUT2D eigenvalue weighted by Crippen LogP contribution is -2.40. The summed E-state index contributed by atoms with van der Waals surface area (Å²) < 4.78 is 16.7. The summed E-state index contributed by atoms with van der Waals surface area (Å²) in [7, 11) is 3.23. The third-order valence-corrected chi connectivity index (χ3v) is 6.53. The molecule has 0 bridgehead atoms. The van der Waals surface area contributed by atoms with Crippen LogP contribution < -0.4 is 24.4 Å². The predicted octanol–water partition coefficient (Wildman–Crippen LogP) is 4.44. The quantitative estimate of drug-likeness (QED) is 0.515. The minimum atomic E-state index is -0.0389. The Labute approximate surface area is 206 Å². The maximum absolute atomic E-state index is 12.8. The molecule has 0 unspecified atom stereocenters. The van der Waals surface area contributed by atoms with Crippen LogP contribution in [0.2, 0.25) is 0 Å². The SMILES string of the molecule is COc1ccc(CNC(=O)C2CCN(c3cc(Oc4cccc(C)c4C)ncn3)CC2)c(OC)c1. The zero-order chi connectivity index (χ0) is 24.8. The van der Waals surface area contributed by atoms with Crippen molar-refractivity contribution >= 4 is 11.7 Å². The van der Waals surface area contributed by atoms with Crippen molar-refractivity contribution in [3.63, 3.8) is 0 Å². The largest absolute Gasteiger partial charge is 0.497 e. The molecule has 3 aromatic rings. The molecule has 4 rings (SSSR count). The Morgan fingerprint density at radius 3 is 2.57 bits per heavy atom. The van der Waals surface area contributed by atoms with E-state index in [0.717, 1.165) is 54.4 Å². The minimum Gasteiger partial charge on any atom is -0.497 e. The average molecular weight is 477 g/mol. The molecular weight excluding hydrogens is 444 g/mol. The van der Waals surface area contributed by atoms with E-state index in [9.17, 15) is 4.79 Å². The van der Waals surface area contributed by atoms with E-state index in [0.29, 0.717) is 18.2 Å². The minimum absolute atomic E-state index is 0.0389. The first-order chi connectivity index (χ1) is 17.0. The molecule has 1 saturated heterocycles. The van der Waals surface area contributed by atoms with Crippen LogP contribution in [0.4, 0.5) is 5.82 Å². The highest BCUT2D eigenvalue weighted by atomic mass is 16.5. The van der Waals surface area contributed by atoms with Gasteiger partial charge in [0.05, 0.1) is 14.2 Å². The summed E-state index contributed by atoms with van der Waals surface area (Å²) in [6.45, 7) is 5.99. The highest BCUT2D eigenvalue weighted by Crippen LogP contribution is 2.29. The van der Waals surface area contributed by atoms with Crippen LogP contribution >= 0.6 is 0 Å². The average Bonchev–Trinajstić information content (AvgIpc) is 2.90. The molecule has 184 valence electrons. The summed E-state index contributed by atoms with van der Waals surface area (Å²) in [5.41, 5.74) is 3.17. The summed E-state index contributed by atoms with van der Waals surface area (Å²) in [5.74, 6) is 3.54. The standard InChI is InChI=1S/C27H32N4O4/c1-18-6-5-7-23(19(18)2)35-26-15-25(29-17-30-26)31-12-10-20(11-13-31)27(32)28-16-21-8-9-22(33-3)14-24(21)34-4/h5-9,14-15,17,20H,10-13,16H2,1-4H3,(H,28,32). The molecule has 1 fully saturated rings. The maximum atomic E-state index is 12.8. The van der Waals surface area contributed by atoms with Gasteiger partial charge in [0.2, 0.25) is 11.8 Å². The predicted molar refractivity (Wildman–Crippen MR) is 134 cm³/mol. The number of hydrogen-bond donors (Lipinski definition) is 1. The number of rotatable bonds is 8. The highest BCUT2D eigenvalue weighted by molar-refractivity contribution is 5.79. The van der Waals surface area contributed by atoms with Crippen LogP contribution in [0.3, 0.4) is 0 Å². The molecule has 1 aliphatic heterocycles. The van der Waals surface area contributed by atoms with Crippen LogP contribution in [-0.2, 0) is 11.3 Å². The Bertz CT molecular complexity index is 1180. The van der Waals surface area contributed by atoms with E-state index in [1.54, 1.807) is 14.2 Å². The number of methoxy groups -OCH3 is 2. The Morgan fingerprint density at radius 2 is 1.83 bits per heavy atom. The van der Waals surface area contributed by atoms with Gasteiger partial charge < -0.3 is 24.4 Å². The summed E-state index contributed by atoms with van der Waals surface area (Å²) in [4.78, 5) is 23.7. The summed E-state index contributed by atoms with van der Waals surface area (Å²) in [6.07, 6.45) is 3.03. The maximum Gasteiger partial charge on any atom is 0.224 e. The molecule has 0 atom stereocenters. The van der Waals surface area contributed by atoms with Gasteiger partial charge in [0.15, 0.2) is 0 Å². The van der Waals surface area contributed by atoms with E-state index >= 15 is 0 Å². The van der Waals surface area contributed by atoms with Crippen molar-refractivity contribution in [2.45, 2.75) is 33.2 Å². The van der Waals surface area contributed by atoms with Gasteiger partial charge in [-0.1, -0.05) is 12.1 Å². The van der Waals surface area contributed by atoms with Crippen molar-refractivity contribution in [2.24, 2.45) is 5.92 Å². The number of nitrogens with one attached hydrogen (secondary N) is 1. The second-order valence-electron chi connectivity index (χ2n) is 8.67. The van der Waals surface area contributed by atoms with Crippen molar-refractivity contribution < 1.29 is 19.0 Å². The molecule has 2 heterocycles. The van der Waals surface area contributed by atoms with Crippen LogP contribution in [0.5, 0.6) is 23.1 Å². The lowest BCUT2D eigenvalue weighted by atomic mass is 9.96. The summed E-state index contributed by atoms with van der Waals surface area (Å²) >= 11 is 0. The van der Waals surface area contributed by atoms with Gasteiger partial charge in [-0.3, -0.25) is 4.79 Å². The molecule has 1 aliphatic rings. The van der Waals surface area contributed by atoms with Gasteiger partial charge in [-0.05, 0) is 56.0 Å². The first kappa shape index (κ1) is 24.3. The zero-order valence-corrected chi connectivity index (χ0v) is 20.7.